The van der Waals surface area contributed by atoms with E-state index < -0.39 is 16.4 Å². The first-order chi connectivity index (χ1) is 10.1. The molecular formula is C17H12F3S+. The molecule has 1 atom stereocenters. The summed E-state index contributed by atoms with van der Waals surface area (Å²) in [6.07, 6.45) is 0. The van der Waals surface area contributed by atoms with E-state index in [4.69, 9.17) is 0 Å². The monoisotopic (exact) mass is 305 g/mol. The summed E-state index contributed by atoms with van der Waals surface area (Å²) in [4.78, 5) is 0.590. The van der Waals surface area contributed by atoms with Crippen molar-refractivity contribution in [2.45, 2.75) is 15.3 Å². The minimum absolute atomic E-state index is 0.292. The minimum atomic E-state index is -4.29. The third-order valence-electron chi connectivity index (χ3n) is 3.17. The number of benzene rings is 3. The van der Waals surface area contributed by atoms with Crippen molar-refractivity contribution in [2.75, 3.05) is 0 Å². The molecule has 0 bridgehead atoms. The molecule has 3 rings (SSSR count). The summed E-state index contributed by atoms with van der Waals surface area (Å²) < 4.78 is 40.5. The summed E-state index contributed by atoms with van der Waals surface area (Å²) in [5.41, 5.74) is -4.29. The molecule has 0 nitrogen and oxygen atoms in total. The maximum atomic E-state index is 13.5. The lowest BCUT2D eigenvalue weighted by molar-refractivity contribution is -0.0370. The zero-order chi connectivity index (χ0) is 14.9. The van der Waals surface area contributed by atoms with Gasteiger partial charge >= 0.3 is 5.51 Å². The highest BCUT2D eigenvalue weighted by atomic mass is 32.2. The average Bonchev–Trinajstić information content (AvgIpc) is 2.47. The molecule has 106 valence electrons. The first-order valence-electron chi connectivity index (χ1n) is 6.41. The summed E-state index contributed by atoms with van der Waals surface area (Å²) in [6, 6.07) is 20.5. The Morgan fingerprint density at radius 2 is 1.24 bits per heavy atom. The Balaban J connectivity index is 2.15. The van der Waals surface area contributed by atoms with Gasteiger partial charge in [0.1, 0.15) is 0 Å². The number of halogens is 3. The second-order valence-corrected chi connectivity index (χ2v) is 6.59. The van der Waals surface area contributed by atoms with E-state index in [9.17, 15) is 13.2 Å². The van der Waals surface area contributed by atoms with Crippen molar-refractivity contribution in [1.82, 2.24) is 0 Å². The van der Waals surface area contributed by atoms with E-state index in [1.807, 2.05) is 24.3 Å². The van der Waals surface area contributed by atoms with Crippen molar-refractivity contribution in [2.24, 2.45) is 0 Å². The molecule has 3 aromatic carbocycles. The summed E-state index contributed by atoms with van der Waals surface area (Å²) in [5, 5.41) is 1.77. The van der Waals surface area contributed by atoms with Gasteiger partial charge < -0.3 is 0 Å². The Morgan fingerprint density at radius 3 is 1.90 bits per heavy atom. The zero-order valence-electron chi connectivity index (χ0n) is 11.0. The van der Waals surface area contributed by atoms with Crippen molar-refractivity contribution >= 4 is 21.7 Å². The molecule has 0 radical (unpaired) electrons. The number of hydrogen-bond acceptors (Lipinski definition) is 0. The molecule has 0 aliphatic carbocycles. The van der Waals surface area contributed by atoms with E-state index in [1.165, 1.54) is 12.1 Å². The highest BCUT2D eigenvalue weighted by molar-refractivity contribution is 7.97. The Labute approximate surface area is 123 Å². The quantitative estimate of drug-likeness (QED) is 0.556. The molecule has 1 unspecified atom stereocenters. The van der Waals surface area contributed by atoms with Crippen molar-refractivity contribution in [3.8, 4) is 0 Å². The van der Waals surface area contributed by atoms with Gasteiger partial charge in [-0.05, 0) is 35.0 Å². The number of rotatable bonds is 2. The Bertz CT molecular complexity index is 751. The smallest absolute Gasteiger partial charge is 0.122 e. The second kappa shape index (κ2) is 5.45. The van der Waals surface area contributed by atoms with Crippen LogP contribution in [0.1, 0.15) is 0 Å². The van der Waals surface area contributed by atoms with E-state index in [1.54, 1.807) is 36.4 Å². The largest absolute Gasteiger partial charge is 0.586 e. The predicted octanol–water partition coefficient (Wildman–Crippen LogP) is 5.40. The third kappa shape index (κ3) is 2.90. The number of fused-ring (bicyclic) bond motifs is 1. The fourth-order valence-electron chi connectivity index (χ4n) is 2.25. The molecule has 4 heteroatoms. The lowest BCUT2D eigenvalue weighted by Gasteiger charge is -2.10. The average molecular weight is 305 g/mol. The topological polar surface area (TPSA) is 0 Å². The molecule has 0 fully saturated rings. The molecule has 0 aliphatic rings. The van der Waals surface area contributed by atoms with Crippen LogP contribution < -0.4 is 0 Å². The van der Waals surface area contributed by atoms with Crippen molar-refractivity contribution in [3.05, 3.63) is 72.8 Å². The maximum absolute atomic E-state index is 13.5. The van der Waals surface area contributed by atoms with Gasteiger partial charge in [-0.3, -0.25) is 0 Å². The van der Waals surface area contributed by atoms with Gasteiger partial charge in [0.05, 0.1) is 0 Å². The van der Waals surface area contributed by atoms with Gasteiger partial charge in [0.25, 0.3) is 0 Å². The molecule has 0 aromatic heterocycles. The fraction of sp³-hybridized carbons (Fsp3) is 0.0588. The summed E-state index contributed by atoms with van der Waals surface area (Å²) in [5.74, 6) is 0. The van der Waals surface area contributed by atoms with Crippen LogP contribution in [-0.2, 0) is 10.9 Å². The Kier molecular flexibility index (Phi) is 3.64. The number of hydrogen-bond donors (Lipinski definition) is 0. The van der Waals surface area contributed by atoms with Crippen LogP contribution in [0.4, 0.5) is 13.2 Å². The van der Waals surface area contributed by atoms with Gasteiger partial charge in [0, 0.05) is 6.07 Å². The first-order valence-corrected chi connectivity index (χ1v) is 7.63. The van der Waals surface area contributed by atoms with E-state index in [0.29, 0.717) is 9.79 Å². The summed E-state index contributed by atoms with van der Waals surface area (Å²) in [7, 11) is -1.92. The van der Waals surface area contributed by atoms with Crippen molar-refractivity contribution in [1.29, 1.82) is 0 Å². The van der Waals surface area contributed by atoms with Gasteiger partial charge in [-0.1, -0.05) is 42.5 Å². The van der Waals surface area contributed by atoms with Gasteiger partial charge in [-0.25, -0.2) is 0 Å². The third-order valence-corrected chi connectivity index (χ3v) is 5.10. The standard InChI is InChI=1S/C17H12F3S/c18-17(19,20)21(15-8-2-1-3-9-15)16-11-10-13-6-4-5-7-14(13)12-16/h1-12H/q+1. The first kappa shape index (κ1) is 14.0. The molecule has 0 N–H and O–H groups in total. The Morgan fingerprint density at radius 1 is 0.619 bits per heavy atom. The number of alkyl halides is 3. The van der Waals surface area contributed by atoms with Gasteiger partial charge in [-0.15, -0.1) is 13.2 Å². The second-order valence-electron chi connectivity index (χ2n) is 4.57. The van der Waals surface area contributed by atoms with E-state index >= 15 is 0 Å². The highest BCUT2D eigenvalue weighted by Crippen LogP contribution is 2.39. The van der Waals surface area contributed by atoms with Crippen molar-refractivity contribution in [3.63, 3.8) is 0 Å². The summed E-state index contributed by atoms with van der Waals surface area (Å²) in [6.45, 7) is 0. The van der Waals surface area contributed by atoms with Crippen LogP contribution in [0.25, 0.3) is 10.8 Å². The maximum Gasteiger partial charge on any atom is 0.586 e. The van der Waals surface area contributed by atoms with E-state index in [-0.39, 0.29) is 0 Å². The van der Waals surface area contributed by atoms with Gasteiger partial charge in [-0.2, -0.15) is 0 Å². The molecule has 0 saturated carbocycles. The Hall–Kier alpha value is -1.94. The van der Waals surface area contributed by atoms with Crippen LogP contribution in [-0.4, -0.2) is 5.51 Å². The van der Waals surface area contributed by atoms with Crippen LogP contribution >= 0.6 is 0 Å². The van der Waals surface area contributed by atoms with E-state index in [2.05, 4.69) is 0 Å². The minimum Gasteiger partial charge on any atom is -0.122 e. The van der Waals surface area contributed by atoms with Gasteiger partial charge in [0.2, 0.25) is 0 Å². The predicted molar refractivity (Wildman–Crippen MR) is 80.3 cm³/mol. The molecule has 0 heterocycles. The van der Waals surface area contributed by atoms with Crippen LogP contribution in [0, 0.1) is 0 Å². The van der Waals surface area contributed by atoms with Gasteiger partial charge in [0.15, 0.2) is 20.7 Å². The van der Waals surface area contributed by atoms with E-state index in [0.717, 1.165) is 10.8 Å². The lowest BCUT2D eigenvalue weighted by Crippen LogP contribution is -2.24. The molecular weight excluding hydrogens is 293 g/mol. The molecule has 0 aliphatic heterocycles. The van der Waals surface area contributed by atoms with Crippen molar-refractivity contribution < 1.29 is 13.2 Å². The lowest BCUT2D eigenvalue weighted by atomic mass is 10.1. The molecule has 0 saturated heterocycles. The van der Waals surface area contributed by atoms with Crippen LogP contribution in [0.15, 0.2) is 82.6 Å². The molecule has 0 spiro atoms. The fourth-order valence-corrected chi connectivity index (χ4v) is 3.94. The molecule has 21 heavy (non-hydrogen) atoms. The van der Waals surface area contributed by atoms with Crippen LogP contribution in [0.5, 0.6) is 0 Å². The summed E-state index contributed by atoms with van der Waals surface area (Å²) >= 11 is 0. The molecule has 3 aromatic rings. The SMILES string of the molecule is FC(F)(F)[S+](c1ccccc1)c1ccc2ccccc2c1. The zero-order valence-corrected chi connectivity index (χ0v) is 11.8. The van der Waals surface area contributed by atoms with Crippen LogP contribution in [0.3, 0.4) is 0 Å². The molecule has 0 amide bonds. The van der Waals surface area contributed by atoms with Crippen LogP contribution in [0.2, 0.25) is 0 Å². The normalized spacial score (nSPS) is 13.3. The highest BCUT2D eigenvalue weighted by Gasteiger charge is 2.54.